The van der Waals surface area contributed by atoms with Crippen molar-refractivity contribution >= 4 is 29.9 Å². The number of hydrogen-bond acceptors (Lipinski definition) is 3. The van der Waals surface area contributed by atoms with Gasteiger partial charge in [-0.1, -0.05) is 6.07 Å². The molecule has 0 heterocycles. The number of ether oxygens (including phenoxy) is 2. The van der Waals surface area contributed by atoms with Gasteiger partial charge in [0, 0.05) is 0 Å². The number of halogens is 1. The second-order valence-corrected chi connectivity index (χ2v) is 3.16. The number of methoxy groups -OCH3 is 1. The predicted molar refractivity (Wildman–Crippen MR) is 79.1 cm³/mol. The summed E-state index contributed by atoms with van der Waals surface area (Å²) in [4.78, 5) is 3.92. The summed E-state index contributed by atoms with van der Waals surface area (Å²) in [5.41, 5.74) is 11.5. The lowest BCUT2D eigenvalue weighted by Crippen LogP contribution is -2.22. The van der Waals surface area contributed by atoms with E-state index in [1.807, 2.05) is 25.1 Å². The summed E-state index contributed by atoms with van der Waals surface area (Å²) in [5.74, 6) is 1.48. The molecule has 17 heavy (non-hydrogen) atoms. The van der Waals surface area contributed by atoms with Gasteiger partial charge < -0.3 is 20.9 Å². The number of benzene rings is 1. The average molecular weight is 351 g/mol. The van der Waals surface area contributed by atoms with Crippen LogP contribution in [-0.4, -0.2) is 19.7 Å². The van der Waals surface area contributed by atoms with Crippen molar-refractivity contribution in [2.75, 3.05) is 13.7 Å². The van der Waals surface area contributed by atoms with Gasteiger partial charge in [-0.25, -0.2) is 4.99 Å². The third-order valence-electron chi connectivity index (χ3n) is 1.97. The Morgan fingerprint density at radius 2 is 2.00 bits per heavy atom. The highest BCUT2D eigenvalue weighted by molar-refractivity contribution is 14.0. The SMILES string of the molecule is CCOc1ccc(CN=C(N)N)cc1OC.I. The second kappa shape index (κ2) is 7.99. The van der Waals surface area contributed by atoms with Crippen LogP contribution in [0.2, 0.25) is 0 Å². The number of guanidine groups is 1. The molecular formula is C11H18IN3O2. The van der Waals surface area contributed by atoms with Crippen LogP contribution >= 0.6 is 24.0 Å². The number of nitrogens with two attached hydrogens (primary N) is 2. The maximum Gasteiger partial charge on any atom is 0.186 e. The van der Waals surface area contributed by atoms with Gasteiger partial charge in [0.05, 0.1) is 20.3 Å². The van der Waals surface area contributed by atoms with Gasteiger partial charge in [0.1, 0.15) is 0 Å². The molecule has 6 heteroatoms. The van der Waals surface area contributed by atoms with Gasteiger partial charge in [0.25, 0.3) is 0 Å². The van der Waals surface area contributed by atoms with Crippen LogP contribution in [0.3, 0.4) is 0 Å². The van der Waals surface area contributed by atoms with Crippen LogP contribution in [0.5, 0.6) is 11.5 Å². The van der Waals surface area contributed by atoms with Crippen molar-refractivity contribution < 1.29 is 9.47 Å². The van der Waals surface area contributed by atoms with Gasteiger partial charge in [-0.05, 0) is 24.6 Å². The smallest absolute Gasteiger partial charge is 0.186 e. The van der Waals surface area contributed by atoms with Crippen molar-refractivity contribution in [1.29, 1.82) is 0 Å². The summed E-state index contributed by atoms with van der Waals surface area (Å²) in [6.07, 6.45) is 0. The molecule has 0 radical (unpaired) electrons. The highest BCUT2D eigenvalue weighted by Crippen LogP contribution is 2.28. The highest BCUT2D eigenvalue weighted by atomic mass is 127. The van der Waals surface area contributed by atoms with E-state index in [1.54, 1.807) is 7.11 Å². The summed E-state index contributed by atoms with van der Waals surface area (Å²) in [5, 5.41) is 0. The van der Waals surface area contributed by atoms with E-state index in [0.717, 1.165) is 11.3 Å². The Morgan fingerprint density at radius 1 is 1.29 bits per heavy atom. The van der Waals surface area contributed by atoms with E-state index >= 15 is 0 Å². The molecule has 0 aliphatic heterocycles. The lowest BCUT2D eigenvalue weighted by Gasteiger charge is -2.10. The Bertz CT molecular complexity index is 379. The summed E-state index contributed by atoms with van der Waals surface area (Å²) < 4.78 is 10.6. The molecule has 0 aliphatic carbocycles. The zero-order valence-electron chi connectivity index (χ0n) is 9.97. The molecule has 1 rings (SSSR count). The lowest BCUT2D eigenvalue weighted by atomic mass is 10.2. The van der Waals surface area contributed by atoms with Crippen molar-refractivity contribution in [2.24, 2.45) is 16.5 Å². The zero-order valence-corrected chi connectivity index (χ0v) is 12.3. The fourth-order valence-corrected chi connectivity index (χ4v) is 1.27. The molecule has 0 aliphatic rings. The largest absolute Gasteiger partial charge is 0.493 e. The first-order valence-corrected chi connectivity index (χ1v) is 5.02. The van der Waals surface area contributed by atoms with Gasteiger partial charge in [-0.3, -0.25) is 0 Å². The first-order valence-electron chi connectivity index (χ1n) is 5.02. The summed E-state index contributed by atoms with van der Waals surface area (Å²) in [6.45, 7) is 2.96. The van der Waals surface area contributed by atoms with Crippen LogP contribution < -0.4 is 20.9 Å². The standard InChI is InChI=1S/C11H17N3O2.HI/c1-3-16-9-5-4-8(6-10(9)15-2)7-14-11(12)13;/h4-6H,3,7H2,1-2H3,(H4,12,13,14);1H. The molecule has 96 valence electrons. The lowest BCUT2D eigenvalue weighted by molar-refractivity contribution is 0.310. The van der Waals surface area contributed by atoms with E-state index in [-0.39, 0.29) is 29.9 Å². The van der Waals surface area contributed by atoms with Crippen LogP contribution in [0, 0.1) is 0 Å². The van der Waals surface area contributed by atoms with Gasteiger partial charge in [0.15, 0.2) is 17.5 Å². The zero-order chi connectivity index (χ0) is 12.0. The molecule has 0 unspecified atom stereocenters. The summed E-state index contributed by atoms with van der Waals surface area (Å²) >= 11 is 0. The molecule has 0 fully saturated rings. The maximum absolute atomic E-state index is 5.40. The molecule has 1 aromatic rings. The van der Waals surface area contributed by atoms with Crippen molar-refractivity contribution in [3.63, 3.8) is 0 Å². The Hall–Kier alpha value is -1.18. The summed E-state index contributed by atoms with van der Waals surface area (Å²) in [7, 11) is 1.60. The van der Waals surface area contributed by atoms with Crippen LogP contribution in [0.1, 0.15) is 12.5 Å². The predicted octanol–water partition coefficient (Wildman–Crippen LogP) is 1.49. The van der Waals surface area contributed by atoms with Crippen LogP contribution in [-0.2, 0) is 6.54 Å². The topological polar surface area (TPSA) is 82.9 Å². The molecule has 0 aromatic heterocycles. The Kier molecular flexibility index (Phi) is 7.44. The minimum atomic E-state index is 0. The minimum absolute atomic E-state index is 0. The van der Waals surface area contributed by atoms with Gasteiger partial charge >= 0.3 is 0 Å². The fourth-order valence-electron chi connectivity index (χ4n) is 1.27. The molecule has 0 saturated heterocycles. The normalized spacial score (nSPS) is 9.06. The van der Waals surface area contributed by atoms with Crippen molar-refractivity contribution in [3.05, 3.63) is 23.8 Å². The number of aliphatic imine (C=N–C) groups is 1. The van der Waals surface area contributed by atoms with Gasteiger partial charge in [-0.2, -0.15) is 0 Å². The molecule has 4 N–H and O–H groups in total. The highest BCUT2D eigenvalue weighted by Gasteiger charge is 2.04. The Balaban J connectivity index is 0.00000256. The first-order chi connectivity index (χ1) is 7.67. The van der Waals surface area contributed by atoms with Crippen molar-refractivity contribution in [2.45, 2.75) is 13.5 Å². The van der Waals surface area contributed by atoms with Crippen LogP contribution in [0.25, 0.3) is 0 Å². The molecule has 0 amide bonds. The number of hydrogen-bond donors (Lipinski definition) is 2. The second-order valence-electron chi connectivity index (χ2n) is 3.16. The first kappa shape index (κ1) is 15.8. The Morgan fingerprint density at radius 3 is 2.53 bits per heavy atom. The third-order valence-corrected chi connectivity index (χ3v) is 1.97. The minimum Gasteiger partial charge on any atom is -0.493 e. The van der Waals surface area contributed by atoms with E-state index in [1.165, 1.54) is 0 Å². The third kappa shape index (κ3) is 5.12. The molecule has 5 nitrogen and oxygen atoms in total. The van der Waals surface area contributed by atoms with E-state index in [0.29, 0.717) is 18.9 Å². The maximum atomic E-state index is 5.40. The van der Waals surface area contributed by atoms with E-state index in [2.05, 4.69) is 4.99 Å². The average Bonchev–Trinajstić information content (AvgIpc) is 2.28. The molecule has 1 aromatic carbocycles. The molecule has 0 saturated carbocycles. The van der Waals surface area contributed by atoms with E-state index in [4.69, 9.17) is 20.9 Å². The number of nitrogens with zero attached hydrogens (tertiary/aromatic N) is 1. The fraction of sp³-hybridized carbons (Fsp3) is 0.364. The van der Waals surface area contributed by atoms with Gasteiger partial charge in [-0.15, -0.1) is 24.0 Å². The molecule has 0 bridgehead atoms. The molecular weight excluding hydrogens is 333 g/mol. The van der Waals surface area contributed by atoms with Crippen LogP contribution in [0.15, 0.2) is 23.2 Å². The van der Waals surface area contributed by atoms with Crippen molar-refractivity contribution in [3.8, 4) is 11.5 Å². The summed E-state index contributed by atoms with van der Waals surface area (Å²) in [6, 6.07) is 5.61. The van der Waals surface area contributed by atoms with E-state index in [9.17, 15) is 0 Å². The quantitative estimate of drug-likeness (QED) is 0.478. The molecule has 0 spiro atoms. The van der Waals surface area contributed by atoms with Gasteiger partial charge in [0.2, 0.25) is 0 Å². The monoisotopic (exact) mass is 351 g/mol. The van der Waals surface area contributed by atoms with E-state index < -0.39 is 0 Å². The Labute approximate surface area is 118 Å². The molecule has 0 atom stereocenters. The van der Waals surface area contributed by atoms with Crippen molar-refractivity contribution in [1.82, 2.24) is 0 Å². The number of rotatable bonds is 5. The van der Waals surface area contributed by atoms with Crippen LogP contribution in [0.4, 0.5) is 0 Å².